The van der Waals surface area contributed by atoms with E-state index in [0.717, 1.165) is 70.7 Å². The number of hydrogen-bond donors (Lipinski definition) is 3. The number of para-hydroxylation sites is 1. The summed E-state index contributed by atoms with van der Waals surface area (Å²) in [5, 5.41) is 14.8. The number of piperidine rings is 1. The molecule has 10 nitrogen and oxygen atoms in total. The first-order valence-corrected chi connectivity index (χ1v) is 16.4. The van der Waals surface area contributed by atoms with E-state index in [1.807, 2.05) is 41.1 Å². The lowest BCUT2D eigenvalue weighted by Crippen LogP contribution is -2.56. The van der Waals surface area contributed by atoms with Crippen LogP contribution in [0.5, 0.6) is 0 Å². The van der Waals surface area contributed by atoms with Gasteiger partial charge >= 0.3 is 6.03 Å². The Morgan fingerprint density at radius 2 is 1.77 bits per heavy atom. The van der Waals surface area contributed by atoms with Crippen molar-refractivity contribution in [3.05, 3.63) is 102 Å². The molecule has 47 heavy (non-hydrogen) atoms. The Labute approximate surface area is 274 Å². The Morgan fingerprint density at radius 1 is 1.02 bits per heavy atom. The molecule has 7 rings (SSSR count). The largest absolute Gasteiger partial charge is 0.368 e. The number of fused-ring (bicyclic) bond motifs is 2. The SMILES string of the molecule is C=C(NC(Cc1cc(C)c2[nH]ncc2c1)C(=O)N1CCN(c2ccc(F)cc2)CC1)N1CCC(N2Cc3ccccc3NC2=O)CC1. The van der Waals surface area contributed by atoms with Gasteiger partial charge in [-0.15, -0.1) is 0 Å². The van der Waals surface area contributed by atoms with Crippen molar-refractivity contribution in [3.63, 3.8) is 0 Å². The number of nitrogens with zero attached hydrogens (tertiary/aromatic N) is 5. The van der Waals surface area contributed by atoms with Crippen molar-refractivity contribution in [1.29, 1.82) is 0 Å². The molecule has 3 N–H and O–H groups in total. The molecule has 0 bridgehead atoms. The predicted molar refractivity (Wildman–Crippen MR) is 181 cm³/mol. The Balaban J connectivity index is 1.02. The van der Waals surface area contributed by atoms with Crippen LogP contribution < -0.4 is 15.5 Å². The summed E-state index contributed by atoms with van der Waals surface area (Å²) in [5.74, 6) is 0.502. The van der Waals surface area contributed by atoms with Gasteiger partial charge in [0.2, 0.25) is 5.91 Å². The van der Waals surface area contributed by atoms with Gasteiger partial charge in [0.05, 0.1) is 17.5 Å². The summed E-state index contributed by atoms with van der Waals surface area (Å²) in [4.78, 5) is 35.3. The van der Waals surface area contributed by atoms with Gasteiger partial charge in [-0.05, 0) is 72.9 Å². The van der Waals surface area contributed by atoms with Crippen LogP contribution in [0.1, 0.15) is 29.5 Å². The molecular formula is C36H41FN8O2. The molecule has 4 heterocycles. The van der Waals surface area contributed by atoms with Crippen LogP contribution in [0.3, 0.4) is 0 Å². The Hall–Kier alpha value is -5.06. The second-order valence-corrected chi connectivity index (χ2v) is 12.8. The van der Waals surface area contributed by atoms with Crippen LogP contribution in [-0.4, -0.2) is 88.2 Å². The average molecular weight is 637 g/mol. The van der Waals surface area contributed by atoms with Crippen molar-refractivity contribution in [2.24, 2.45) is 0 Å². The maximum absolute atomic E-state index is 14.2. The number of aromatic amines is 1. The Kier molecular flexibility index (Phi) is 8.45. The lowest BCUT2D eigenvalue weighted by atomic mass is 9.99. The third-order valence-electron chi connectivity index (χ3n) is 9.82. The molecule has 0 radical (unpaired) electrons. The van der Waals surface area contributed by atoms with Crippen molar-refractivity contribution in [3.8, 4) is 0 Å². The lowest BCUT2D eigenvalue weighted by molar-refractivity contribution is -0.133. The van der Waals surface area contributed by atoms with E-state index < -0.39 is 6.04 Å². The van der Waals surface area contributed by atoms with Crippen LogP contribution in [0.2, 0.25) is 0 Å². The topological polar surface area (TPSA) is 99.8 Å². The van der Waals surface area contributed by atoms with Gasteiger partial charge in [-0.2, -0.15) is 5.10 Å². The summed E-state index contributed by atoms with van der Waals surface area (Å²) in [6.45, 7) is 11.0. The molecule has 2 saturated heterocycles. The summed E-state index contributed by atoms with van der Waals surface area (Å²) in [6, 6.07) is 18.3. The number of carbonyl (C=O) groups is 2. The zero-order valence-electron chi connectivity index (χ0n) is 26.7. The molecule has 3 amide bonds. The number of aromatic nitrogens is 2. The van der Waals surface area contributed by atoms with Crippen molar-refractivity contribution >= 4 is 34.2 Å². The fourth-order valence-electron chi connectivity index (χ4n) is 7.18. The van der Waals surface area contributed by atoms with Gasteiger partial charge in [-0.1, -0.05) is 30.8 Å². The molecule has 0 aliphatic carbocycles. The molecule has 3 aliphatic rings. The molecule has 11 heteroatoms. The number of urea groups is 1. The molecular weight excluding hydrogens is 595 g/mol. The average Bonchev–Trinajstić information content (AvgIpc) is 3.57. The van der Waals surface area contributed by atoms with Gasteiger partial charge in [0.1, 0.15) is 11.9 Å². The first-order valence-electron chi connectivity index (χ1n) is 16.4. The highest BCUT2D eigenvalue weighted by Crippen LogP contribution is 2.28. The molecule has 3 aliphatic heterocycles. The predicted octanol–water partition coefficient (Wildman–Crippen LogP) is 4.84. The molecule has 244 valence electrons. The summed E-state index contributed by atoms with van der Waals surface area (Å²) in [6.07, 6.45) is 3.95. The number of piperazine rings is 1. The first-order chi connectivity index (χ1) is 22.8. The van der Waals surface area contributed by atoms with Gasteiger partial charge in [-0.3, -0.25) is 9.89 Å². The molecule has 0 spiro atoms. The zero-order chi connectivity index (χ0) is 32.5. The second kappa shape index (κ2) is 13.0. The standard InChI is InChI=1S/C36H41FN8O2/c1-24-19-26(20-28-22-38-41-34(24)28)21-33(35(46)44-17-15-43(16-18-44)30-9-7-29(37)8-10-30)39-25(2)42-13-11-31(12-14-42)45-23-27-5-3-4-6-32(27)40-36(45)47/h3-10,19-20,22,31,33,39H,2,11-18,21,23H2,1H3,(H,38,41)(H,40,47). The van der Waals surface area contributed by atoms with Crippen molar-refractivity contribution in [2.45, 2.75) is 44.8 Å². The van der Waals surface area contributed by atoms with E-state index in [1.54, 1.807) is 12.1 Å². The minimum atomic E-state index is -0.509. The second-order valence-electron chi connectivity index (χ2n) is 12.8. The summed E-state index contributed by atoms with van der Waals surface area (Å²) in [7, 11) is 0. The summed E-state index contributed by atoms with van der Waals surface area (Å²) >= 11 is 0. The number of nitrogens with one attached hydrogen (secondary N) is 3. The number of H-pyrrole nitrogens is 1. The lowest BCUT2D eigenvalue weighted by Gasteiger charge is -2.42. The molecule has 2 fully saturated rings. The van der Waals surface area contributed by atoms with Gasteiger partial charge < -0.3 is 30.2 Å². The molecule has 1 atom stereocenters. The third kappa shape index (κ3) is 6.47. The monoisotopic (exact) mass is 636 g/mol. The van der Waals surface area contributed by atoms with E-state index >= 15 is 0 Å². The molecule has 4 aromatic rings. The smallest absolute Gasteiger partial charge is 0.322 e. The quantitative estimate of drug-likeness (QED) is 0.256. The van der Waals surface area contributed by atoms with Crippen LogP contribution in [0.15, 0.2) is 79.3 Å². The van der Waals surface area contributed by atoms with E-state index in [9.17, 15) is 14.0 Å². The molecule has 1 aromatic heterocycles. The number of hydrogen-bond acceptors (Lipinski definition) is 6. The van der Waals surface area contributed by atoms with Crippen molar-refractivity contribution in [1.82, 2.24) is 30.2 Å². The minimum Gasteiger partial charge on any atom is -0.368 e. The van der Waals surface area contributed by atoms with Crippen LogP contribution >= 0.6 is 0 Å². The number of aryl methyl sites for hydroxylation is 1. The first kappa shape index (κ1) is 30.6. The zero-order valence-corrected chi connectivity index (χ0v) is 26.7. The number of amides is 3. The fourth-order valence-corrected chi connectivity index (χ4v) is 7.18. The van der Waals surface area contributed by atoms with Gasteiger partial charge in [0.25, 0.3) is 0 Å². The summed E-state index contributed by atoms with van der Waals surface area (Å²) in [5.41, 5.74) is 6.11. The highest BCUT2D eigenvalue weighted by Gasteiger charge is 2.33. The molecule has 0 saturated carbocycles. The highest BCUT2D eigenvalue weighted by molar-refractivity contribution is 5.92. The fraction of sp³-hybridized carbons (Fsp3) is 0.361. The third-order valence-corrected chi connectivity index (χ3v) is 9.82. The highest BCUT2D eigenvalue weighted by atomic mass is 19.1. The van der Waals surface area contributed by atoms with Gasteiger partial charge in [-0.25, -0.2) is 9.18 Å². The van der Waals surface area contributed by atoms with Gasteiger partial charge in [0, 0.05) is 75.0 Å². The number of anilines is 2. The normalized spacial score (nSPS) is 17.8. The maximum atomic E-state index is 14.2. The summed E-state index contributed by atoms with van der Waals surface area (Å²) < 4.78 is 13.5. The van der Waals surface area contributed by atoms with Crippen molar-refractivity contribution in [2.75, 3.05) is 49.5 Å². The molecule has 1 unspecified atom stereocenters. The number of halogens is 1. The number of carbonyl (C=O) groups excluding carboxylic acids is 2. The van der Waals surface area contributed by atoms with E-state index in [1.165, 1.54) is 12.1 Å². The van der Waals surface area contributed by atoms with E-state index in [0.29, 0.717) is 39.1 Å². The maximum Gasteiger partial charge on any atom is 0.322 e. The Morgan fingerprint density at radius 3 is 2.53 bits per heavy atom. The van der Waals surface area contributed by atoms with E-state index in [2.05, 4.69) is 55.4 Å². The number of benzene rings is 3. The number of likely N-dealkylation sites (tertiary alicyclic amines) is 1. The molecule has 3 aromatic carbocycles. The van der Waals surface area contributed by atoms with Crippen LogP contribution in [0, 0.1) is 12.7 Å². The van der Waals surface area contributed by atoms with Crippen LogP contribution in [-0.2, 0) is 17.8 Å². The van der Waals surface area contributed by atoms with Gasteiger partial charge in [0.15, 0.2) is 0 Å². The van der Waals surface area contributed by atoms with Crippen molar-refractivity contribution < 1.29 is 14.0 Å². The van der Waals surface area contributed by atoms with Crippen LogP contribution in [0.4, 0.5) is 20.6 Å². The van der Waals surface area contributed by atoms with E-state index in [4.69, 9.17) is 0 Å². The number of rotatable bonds is 8. The Bertz CT molecular complexity index is 1770. The van der Waals surface area contributed by atoms with Crippen LogP contribution in [0.25, 0.3) is 10.9 Å². The van der Waals surface area contributed by atoms with E-state index in [-0.39, 0.29) is 23.8 Å². The minimum absolute atomic E-state index is 0.0355.